The summed E-state index contributed by atoms with van der Waals surface area (Å²) in [6, 6.07) is 14.5. The van der Waals surface area contributed by atoms with E-state index in [0.29, 0.717) is 16.1 Å². The van der Waals surface area contributed by atoms with E-state index in [1.54, 1.807) is 24.3 Å². The minimum absolute atomic E-state index is 0.00694. The van der Waals surface area contributed by atoms with E-state index in [1.807, 2.05) is 24.3 Å². The van der Waals surface area contributed by atoms with Gasteiger partial charge in [-0.05, 0) is 46.9 Å². The third-order valence-electron chi connectivity index (χ3n) is 2.21. The Hall–Kier alpha value is -0.870. The van der Waals surface area contributed by atoms with Crippen LogP contribution in [0.3, 0.4) is 0 Å². The fraction of sp³-hybridized carbons (Fsp3) is 0. The van der Waals surface area contributed by atoms with Gasteiger partial charge in [-0.15, -0.1) is 0 Å². The van der Waals surface area contributed by atoms with E-state index < -0.39 is 0 Å². The van der Waals surface area contributed by atoms with Crippen LogP contribution in [0.5, 0.6) is 0 Å². The molecule has 0 saturated heterocycles. The fourth-order valence-corrected chi connectivity index (χ4v) is 2.25. The zero-order chi connectivity index (χ0) is 11.5. The van der Waals surface area contributed by atoms with E-state index in [1.165, 1.54) is 0 Å². The molecule has 0 unspecified atom stereocenters. The zero-order valence-electron chi connectivity index (χ0n) is 8.28. The Balaban J connectivity index is 2.44. The van der Waals surface area contributed by atoms with Crippen molar-refractivity contribution < 1.29 is 4.79 Å². The second-order valence-corrected chi connectivity index (χ2v) is 4.92. The lowest BCUT2D eigenvalue weighted by Gasteiger charge is -2.03. The number of carbonyl (C=O) groups is 1. The fourth-order valence-electron chi connectivity index (χ4n) is 1.43. The zero-order valence-corrected chi connectivity index (χ0v) is 11.2. The van der Waals surface area contributed by atoms with Gasteiger partial charge in [0, 0.05) is 19.7 Å². The first-order chi connectivity index (χ1) is 7.68. The number of ketones is 1. The van der Waals surface area contributed by atoms with E-state index in [9.17, 15) is 4.79 Å². The molecule has 2 aromatic carbocycles. The predicted molar refractivity (Wildman–Crippen MR) is 74.0 cm³/mol. The van der Waals surface area contributed by atoms with Gasteiger partial charge >= 0.3 is 0 Å². The number of halogens is 2. The maximum absolute atomic E-state index is 12.2. The molecule has 0 aliphatic heterocycles. The van der Waals surface area contributed by atoms with Crippen LogP contribution in [0.2, 0.25) is 5.02 Å². The highest BCUT2D eigenvalue weighted by atomic mass is 127. The van der Waals surface area contributed by atoms with E-state index in [-0.39, 0.29) is 5.78 Å². The van der Waals surface area contributed by atoms with E-state index in [4.69, 9.17) is 11.6 Å². The summed E-state index contributed by atoms with van der Waals surface area (Å²) in [6.07, 6.45) is 0. The Morgan fingerprint density at radius 2 is 1.81 bits per heavy atom. The van der Waals surface area contributed by atoms with Crippen molar-refractivity contribution >= 4 is 40.0 Å². The largest absolute Gasteiger partial charge is 0.289 e. The van der Waals surface area contributed by atoms with Crippen LogP contribution in [0, 0.1) is 3.57 Å². The molecule has 0 aliphatic carbocycles. The molecule has 3 heteroatoms. The highest BCUT2D eigenvalue weighted by Crippen LogP contribution is 2.18. The van der Waals surface area contributed by atoms with E-state index >= 15 is 0 Å². The van der Waals surface area contributed by atoms with E-state index in [2.05, 4.69) is 22.6 Å². The van der Waals surface area contributed by atoms with Gasteiger partial charge in [0.1, 0.15) is 0 Å². The summed E-state index contributed by atoms with van der Waals surface area (Å²) in [4.78, 5) is 12.2. The summed E-state index contributed by atoms with van der Waals surface area (Å²) < 4.78 is 0.949. The predicted octanol–water partition coefficient (Wildman–Crippen LogP) is 4.18. The molecule has 0 fully saturated rings. The van der Waals surface area contributed by atoms with Crippen LogP contribution in [0.4, 0.5) is 0 Å². The van der Waals surface area contributed by atoms with Gasteiger partial charge in [0.05, 0.1) is 0 Å². The first-order valence-corrected chi connectivity index (χ1v) is 6.19. The molecule has 0 N–H and O–H groups in total. The van der Waals surface area contributed by atoms with Gasteiger partial charge in [-0.25, -0.2) is 0 Å². The molecular formula is C13H8ClIO. The molecule has 16 heavy (non-hydrogen) atoms. The number of hydrogen-bond donors (Lipinski definition) is 0. The SMILES string of the molecule is O=C(c1cccc(Cl)c1)c1ccccc1I. The summed E-state index contributed by atoms with van der Waals surface area (Å²) in [5.74, 6) is 0.00694. The van der Waals surface area contributed by atoms with Gasteiger partial charge in [-0.1, -0.05) is 35.9 Å². The molecule has 0 bridgehead atoms. The lowest BCUT2D eigenvalue weighted by Crippen LogP contribution is -2.03. The first kappa shape index (κ1) is 11.6. The second-order valence-electron chi connectivity index (χ2n) is 3.32. The van der Waals surface area contributed by atoms with Gasteiger partial charge < -0.3 is 0 Å². The molecule has 2 rings (SSSR count). The third-order valence-corrected chi connectivity index (χ3v) is 3.38. The topological polar surface area (TPSA) is 17.1 Å². The standard InChI is InChI=1S/C13H8ClIO/c14-10-5-3-4-9(8-10)13(16)11-6-1-2-7-12(11)15/h1-8H. The van der Waals surface area contributed by atoms with Gasteiger partial charge in [0.2, 0.25) is 0 Å². The first-order valence-electron chi connectivity index (χ1n) is 4.73. The summed E-state index contributed by atoms with van der Waals surface area (Å²) in [5, 5.41) is 0.580. The van der Waals surface area contributed by atoms with Crippen LogP contribution in [0.15, 0.2) is 48.5 Å². The highest BCUT2D eigenvalue weighted by Gasteiger charge is 2.11. The van der Waals surface area contributed by atoms with Crippen LogP contribution in [-0.4, -0.2) is 5.78 Å². The van der Waals surface area contributed by atoms with Crippen molar-refractivity contribution in [1.82, 2.24) is 0 Å². The molecule has 0 aromatic heterocycles. The van der Waals surface area contributed by atoms with Crippen LogP contribution < -0.4 is 0 Å². The lowest BCUT2D eigenvalue weighted by molar-refractivity contribution is 0.103. The van der Waals surface area contributed by atoms with Crippen molar-refractivity contribution in [2.75, 3.05) is 0 Å². The summed E-state index contributed by atoms with van der Waals surface area (Å²) >= 11 is 8.02. The van der Waals surface area contributed by atoms with Crippen LogP contribution in [0.1, 0.15) is 15.9 Å². The number of benzene rings is 2. The normalized spacial score (nSPS) is 10.1. The van der Waals surface area contributed by atoms with Crippen LogP contribution >= 0.6 is 34.2 Å². The van der Waals surface area contributed by atoms with Gasteiger partial charge in [-0.2, -0.15) is 0 Å². The smallest absolute Gasteiger partial charge is 0.194 e. The van der Waals surface area contributed by atoms with Gasteiger partial charge in [0.15, 0.2) is 5.78 Å². The van der Waals surface area contributed by atoms with Crippen molar-refractivity contribution in [2.45, 2.75) is 0 Å². The Bertz CT molecular complexity index is 537. The average Bonchev–Trinajstić information content (AvgIpc) is 2.29. The Kier molecular flexibility index (Phi) is 3.61. The molecular weight excluding hydrogens is 334 g/mol. The molecule has 2 aromatic rings. The van der Waals surface area contributed by atoms with Crippen molar-refractivity contribution in [3.05, 3.63) is 68.3 Å². The highest BCUT2D eigenvalue weighted by molar-refractivity contribution is 14.1. The van der Waals surface area contributed by atoms with E-state index in [0.717, 1.165) is 3.57 Å². The summed E-state index contributed by atoms with van der Waals surface area (Å²) in [6.45, 7) is 0. The average molecular weight is 343 g/mol. The van der Waals surface area contributed by atoms with Crippen molar-refractivity contribution in [2.24, 2.45) is 0 Å². The molecule has 0 amide bonds. The van der Waals surface area contributed by atoms with Crippen LogP contribution in [-0.2, 0) is 0 Å². The van der Waals surface area contributed by atoms with Crippen molar-refractivity contribution in [3.63, 3.8) is 0 Å². The van der Waals surface area contributed by atoms with Crippen molar-refractivity contribution in [1.29, 1.82) is 0 Å². The maximum atomic E-state index is 12.2. The molecule has 0 heterocycles. The quantitative estimate of drug-likeness (QED) is 0.591. The number of rotatable bonds is 2. The Morgan fingerprint density at radius 1 is 1.06 bits per heavy atom. The molecule has 0 saturated carbocycles. The second kappa shape index (κ2) is 4.97. The Labute approximate surface area is 113 Å². The van der Waals surface area contributed by atoms with Gasteiger partial charge in [-0.3, -0.25) is 4.79 Å². The molecule has 1 nitrogen and oxygen atoms in total. The van der Waals surface area contributed by atoms with Crippen molar-refractivity contribution in [3.8, 4) is 0 Å². The summed E-state index contributed by atoms with van der Waals surface area (Å²) in [5.41, 5.74) is 1.34. The molecule has 0 radical (unpaired) electrons. The molecule has 80 valence electrons. The minimum Gasteiger partial charge on any atom is -0.289 e. The Morgan fingerprint density at radius 3 is 2.50 bits per heavy atom. The molecule has 0 atom stereocenters. The minimum atomic E-state index is 0.00694. The lowest BCUT2D eigenvalue weighted by atomic mass is 10.0. The third kappa shape index (κ3) is 2.44. The number of carbonyl (C=O) groups excluding carboxylic acids is 1. The summed E-state index contributed by atoms with van der Waals surface area (Å²) in [7, 11) is 0. The monoisotopic (exact) mass is 342 g/mol. The van der Waals surface area contributed by atoms with Gasteiger partial charge in [0.25, 0.3) is 0 Å². The molecule has 0 spiro atoms. The number of hydrogen-bond acceptors (Lipinski definition) is 1. The molecule has 0 aliphatic rings. The maximum Gasteiger partial charge on any atom is 0.194 e. The van der Waals surface area contributed by atoms with Crippen LogP contribution in [0.25, 0.3) is 0 Å².